The molecule has 0 bridgehead atoms. The fraction of sp³-hybridized carbons (Fsp3) is 0.286. The second kappa shape index (κ2) is 5.76. The van der Waals surface area contributed by atoms with Crippen molar-refractivity contribution in [1.82, 2.24) is 19.9 Å². The summed E-state index contributed by atoms with van der Waals surface area (Å²) in [5.74, 6) is -1.42. The average Bonchev–Trinajstić information content (AvgIpc) is 3.16. The maximum absolute atomic E-state index is 12.4. The van der Waals surface area contributed by atoms with Crippen molar-refractivity contribution in [2.24, 2.45) is 0 Å². The Hall–Kier alpha value is -2.41. The Kier molecular flexibility index (Phi) is 3.81. The van der Waals surface area contributed by atoms with Crippen LogP contribution >= 0.6 is 11.6 Å². The molecule has 2 heterocycles. The van der Waals surface area contributed by atoms with Gasteiger partial charge in [-0.15, -0.1) is 5.10 Å². The van der Waals surface area contributed by atoms with Crippen molar-refractivity contribution >= 4 is 23.5 Å². The normalized spacial score (nSPS) is 17.7. The van der Waals surface area contributed by atoms with E-state index in [0.717, 1.165) is 0 Å². The third-order valence-corrected chi connectivity index (χ3v) is 3.93. The molecule has 1 aliphatic heterocycles. The minimum Gasteiger partial charge on any atom is -0.480 e. The third-order valence-electron chi connectivity index (χ3n) is 3.61. The van der Waals surface area contributed by atoms with Crippen LogP contribution in [0.1, 0.15) is 23.3 Å². The first kappa shape index (κ1) is 14.5. The fourth-order valence-corrected chi connectivity index (χ4v) is 2.75. The number of carbonyl (C=O) groups is 2. The van der Waals surface area contributed by atoms with Crippen LogP contribution in [0.3, 0.4) is 0 Å². The SMILES string of the molecule is O=C(O)[C@H]1CCCN1C(=O)c1cn(-c2ccccc2Cl)nn1. The summed E-state index contributed by atoms with van der Waals surface area (Å²) in [6.07, 6.45) is 2.59. The van der Waals surface area contributed by atoms with Crippen LogP contribution in [0.4, 0.5) is 0 Å². The second-order valence-corrected chi connectivity index (χ2v) is 5.40. The molecular formula is C14H13ClN4O3. The summed E-state index contributed by atoms with van der Waals surface area (Å²) in [5.41, 5.74) is 0.708. The van der Waals surface area contributed by atoms with Gasteiger partial charge in [-0.05, 0) is 25.0 Å². The highest BCUT2D eigenvalue weighted by atomic mass is 35.5. The highest BCUT2D eigenvalue weighted by molar-refractivity contribution is 6.32. The molecule has 0 saturated carbocycles. The zero-order chi connectivity index (χ0) is 15.7. The monoisotopic (exact) mass is 320 g/mol. The first-order valence-electron chi connectivity index (χ1n) is 6.79. The van der Waals surface area contributed by atoms with Gasteiger partial charge in [0.25, 0.3) is 5.91 Å². The Balaban J connectivity index is 1.86. The maximum Gasteiger partial charge on any atom is 0.326 e. The number of halogens is 1. The van der Waals surface area contributed by atoms with Crippen molar-refractivity contribution in [3.05, 3.63) is 41.2 Å². The lowest BCUT2D eigenvalue weighted by atomic mass is 10.2. The molecule has 114 valence electrons. The summed E-state index contributed by atoms with van der Waals surface area (Å²) in [4.78, 5) is 24.9. The molecule has 1 aromatic heterocycles. The van der Waals surface area contributed by atoms with Gasteiger partial charge in [-0.3, -0.25) is 4.79 Å². The van der Waals surface area contributed by atoms with Crippen LogP contribution < -0.4 is 0 Å². The molecule has 0 spiro atoms. The molecule has 7 nitrogen and oxygen atoms in total. The van der Waals surface area contributed by atoms with Crippen molar-refractivity contribution < 1.29 is 14.7 Å². The Morgan fingerprint density at radius 2 is 2.09 bits per heavy atom. The van der Waals surface area contributed by atoms with Crippen molar-refractivity contribution in [2.75, 3.05) is 6.54 Å². The van der Waals surface area contributed by atoms with Gasteiger partial charge >= 0.3 is 5.97 Å². The van der Waals surface area contributed by atoms with Crippen LogP contribution in [0.2, 0.25) is 5.02 Å². The Labute approximate surface area is 131 Å². The van der Waals surface area contributed by atoms with Crippen molar-refractivity contribution in [3.63, 3.8) is 0 Å². The molecule has 1 fully saturated rings. The van der Waals surface area contributed by atoms with Crippen molar-refractivity contribution in [3.8, 4) is 5.69 Å². The van der Waals surface area contributed by atoms with Gasteiger partial charge in [0.15, 0.2) is 5.69 Å². The standard InChI is InChI=1S/C14H13ClN4O3/c15-9-4-1-2-5-11(9)19-8-10(16-17-19)13(20)18-7-3-6-12(18)14(21)22/h1-2,4-5,8,12H,3,6-7H2,(H,21,22)/t12-/m1/s1. The van der Waals surface area contributed by atoms with E-state index in [1.165, 1.54) is 15.8 Å². The van der Waals surface area contributed by atoms with E-state index in [-0.39, 0.29) is 5.69 Å². The zero-order valence-corrected chi connectivity index (χ0v) is 12.3. The zero-order valence-electron chi connectivity index (χ0n) is 11.5. The molecule has 1 atom stereocenters. The average molecular weight is 321 g/mol. The van der Waals surface area contributed by atoms with Crippen LogP contribution in [0.15, 0.2) is 30.5 Å². The molecule has 1 amide bonds. The molecule has 22 heavy (non-hydrogen) atoms. The largest absolute Gasteiger partial charge is 0.480 e. The number of aliphatic carboxylic acids is 1. The minimum atomic E-state index is -0.996. The molecule has 1 aromatic carbocycles. The molecule has 0 radical (unpaired) electrons. The second-order valence-electron chi connectivity index (χ2n) is 4.99. The Morgan fingerprint density at radius 3 is 2.82 bits per heavy atom. The van der Waals surface area contributed by atoms with E-state index >= 15 is 0 Å². The number of rotatable bonds is 3. The van der Waals surface area contributed by atoms with Crippen LogP contribution in [0, 0.1) is 0 Å². The quantitative estimate of drug-likeness (QED) is 0.928. The summed E-state index contributed by atoms with van der Waals surface area (Å²) in [7, 11) is 0. The summed E-state index contributed by atoms with van der Waals surface area (Å²) < 4.78 is 1.40. The van der Waals surface area contributed by atoms with Gasteiger partial charge in [-0.25, -0.2) is 9.48 Å². The summed E-state index contributed by atoms with van der Waals surface area (Å²) >= 11 is 6.08. The summed E-state index contributed by atoms with van der Waals surface area (Å²) in [6, 6.07) is 6.25. The number of hydrogen-bond acceptors (Lipinski definition) is 4. The number of likely N-dealkylation sites (tertiary alicyclic amines) is 1. The number of carboxylic acid groups (broad SMARTS) is 1. The number of carboxylic acids is 1. The van der Waals surface area contributed by atoms with Gasteiger partial charge < -0.3 is 10.0 Å². The van der Waals surface area contributed by atoms with E-state index in [0.29, 0.717) is 30.1 Å². The van der Waals surface area contributed by atoms with Crippen molar-refractivity contribution in [1.29, 1.82) is 0 Å². The molecular weight excluding hydrogens is 308 g/mol. The van der Waals surface area contributed by atoms with Crippen LogP contribution in [-0.2, 0) is 4.79 Å². The topological polar surface area (TPSA) is 88.3 Å². The molecule has 3 rings (SSSR count). The van der Waals surface area contributed by atoms with E-state index in [1.54, 1.807) is 24.3 Å². The molecule has 1 N–H and O–H groups in total. The molecule has 0 unspecified atom stereocenters. The maximum atomic E-state index is 12.4. The molecule has 2 aromatic rings. The summed E-state index contributed by atoms with van der Waals surface area (Å²) in [6.45, 7) is 0.411. The van der Waals surface area contributed by atoms with E-state index in [9.17, 15) is 9.59 Å². The van der Waals surface area contributed by atoms with E-state index in [1.807, 2.05) is 0 Å². The third kappa shape index (κ3) is 2.55. The highest BCUT2D eigenvalue weighted by Crippen LogP contribution is 2.21. The predicted molar refractivity (Wildman–Crippen MR) is 78.1 cm³/mol. The smallest absolute Gasteiger partial charge is 0.326 e. The number of benzene rings is 1. The van der Waals surface area contributed by atoms with E-state index in [2.05, 4.69) is 10.3 Å². The minimum absolute atomic E-state index is 0.105. The first-order valence-corrected chi connectivity index (χ1v) is 7.17. The number of para-hydroxylation sites is 1. The molecule has 1 aliphatic rings. The predicted octanol–water partition coefficient (Wildman–Crippen LogP) is 1.61. The lowest BCUT2D eigenvalue weighted by Crippen LogP contribution is -2.40. The Morgan fingerprint density at radius 1 is 1.32 bits per heavy atom. The van der Waals surface area contributed by atoms with Crippen LogP contribution in [0.5, 0.6) is 0 Å². The van der Waals surface area contributed by atoms with Gasteiger partial charge in [0.1, 0.15) is 6.04 Å². The fourth-order valence-electron chi connectivity index (χ4n) is 2.53. The van der Waals surface area contributed by atoms with E-state index < -0.39 is 17.9 Å². The lowest BCUT2D eigenvalue weighted by Gasteiger charge is -2.19. The number of amides is 1. The van der Waals surface area contributed by atoms with Crippen molar-refractivity contribution in [2.45, 2.75) is 18.9 Å². The van der Waals surface area contributed by atoms with Gasteiger partial charge in [-0.1, -0.05) is 28.9 Å². The molecule has 0 aliphatic carbocycles. The van der Waals surface area contributed by atoms with Crippen LogP contribution in [0.25, 0.3) is 5.69 Å². The van der Waals surface area contributed by atoms with Gasteiger partial charge in [0.05, 0.1) is 16.9 Å². The summed E-state index contributed by atoms with van der Waals surface area (Å²) in [5, 5.41) is 17.4. The number of aromatic nitrogens is 3. The van der Waals surface area contributed by atoms with Gasteiger partial charge in [0, 0.05) is 6.54 Å². The number of carbonyl (C=O) groups excluding carboxylic acids is 1. The van der Waals surface area contributed by atoms with Gasteiger partial charge in [-0.2, -0.15) is 0 Å². The first-order chi connectivity index (χ1) is 10.6. The Bertz CT molecular complexity index is 730. The highest BCUT2D eigenvalue weighted by Gasteiger charge is 2.35. The van der Waals surface area contributed by atoms with Gasteiger partial charge in [0.2, 0.25) is 0 Å². The number of hydrogen-bond donors (Lipinski definition) is 1. The van der Waals surface area contributed by atoms with E-state index in [4.69, 9.17) is 16.7 Å². The molecule has 1 saturated heterocycles. The van der Waals surface area contributed by atoms with Crippen LogP contribution in [-0.4, -0.2) is 49.5 Å². The molecule has 8 heteroatoms. The number of nitrogens with zero attached hydrogens (tertiary/aromatic N) is 4. The lowest BCUT2D eigenvalue weighted by molar-refractivity contribution is -0.141.